The van der Waals surface area contributed by atoms with Crippen LogP contribution in [0, 0.1) is 0 Å². The average molecular weight is 578 g/mol. The normalized spacial score (nSPS) is 14.5. The third-order valence-electron chi connectivity index (χ3n) is 6.38. The Balaban J connectivity index is 1.62. The number of halogens is 1. The molecule has 0 bridgehead atoms. The van der Waals surface area contributed by atoms with Crippen molar-refractivity contribution in [2.24, 2.45) is 12.0 Å². The first-order chi connectivity index (χ1) is 19.7. The first-order valence-corrected chi connectivity index (χ1v) is 13.4. The number of amides is 1. The Bertz CT molecular complexity index is 1460. The molecule has 1 unspecified atom stereocenters. The molecule has 1 atom stereocenters. The summed E-state index contributed by atoms with van der Waals surface area (Å²) in [5.41, 5.74) is 4.60. The van der Waals surface area contributed by atoms with Gasteiger partial charge in [0.05, 0.1) is 34.9 Å². The van der Waals surface area contributed by atoms with E-state index in [0.717, 1.165) is 35.7 Å². The zero-order chi connectivity index (χ0) is 29.5. The molecule has 3 aromatic rings. The number of nitrogens with one attached hydrogen (secondary N) is 4. The van der Waals surface area contributed by atoms with Crippen LogP contribution < -0.4 is 30.9 Å². The molecular weight excluding hydrogens is 542 g/mol. The van der Waals surface area contributed by atoms with Crippen LogP contribution in [0.25, 0.3) is 11.3 Å². The molecule has 1 aliphatic rings. The van der Waals surface area contributed by atoms with Gasteiger partial charge < -0.3 is 35.8 Å². The molecule has 12 heteroatoms. The quantitative estimate of drug-likeness (QED) is 0.252. The average Bonchev–Trinajstić information content (AvgIpc) is 3.39. The van der Waals surface area contributed by atoms with Crippen molar-refractivity contribution >= 4 is 46.2 Å². The lowest BCUT2D eigenvalue weighted by Gasteiger charge is -2.27. The molecule has 4 rings (SSSR count). The van der Waals surface area contributed by atoms with Crippen molar-refractivity contribution in [2.45, 2.75) is 6.17 Å². The summed E-state index contributed by atoms with van der Waals surface area (Å²) in [5.74, 6) is 0.695. The van der Waals surface area contributed by atoms with E-state index >= 15 is 0 Å². The third kappa shape index (κ3) is 7.38. The summed E-state index contributed by atoms with van der Waals surface area (Å²) in [6.07, 6.45) is 4.25. The van der Waals surface area contributed by atoms with Gasteiger partial charge in [-0.1, -0.05) is 36.4 Å². The predicted octanol–water partition coefficient (Wildman–Crippen LogP) is 4.11. The van der Waals surface area contributed by atoms with Crippen molar-refractivity contribution in [1.82, 2.24) is 20.0 Å². The fourth-order valence-electron chi connectivity index (χ4n) is 4.19. The van der Waals surface area contributed by atoms with Gasteiger partial charge in [-0.2, -0.15) is 5.10 Å². The van der Waals surface area contributed by atoms with Crippen LogP contribution in [0.3, 0.4) is 0 Å². The molecule has 2 heterocycles. The summed E-state index contributed by atoms with van der Waals surface area (Å²) in [6, 6.07) is 13.5. The fourth-order valence-corrected chi connectivity index (χ4v) is 4.34. The van der Waals surface area contributed by atoms with Gasteiger partial charge >= 0.3 is 0 Å². The number of aliphatic imine (C=N–C) groups is 1. The van der Waals surface area contributed by atoms with E-state index in [1.807, 2.05) is 76.9 Å². The zero-order valence-electron chi connectivity index (χ0n) is 23.9. The highest BCUT2D eigenvalue weighted by Gasteiger charge is 2.21. The molecule has 1 aromatic heterocycles. The van der Waals surface area contributed by atoms with Gasteiger partial charge in [0.15, 0.2) is 6.17 Å². The van der Waals surface area contributed by atoms with E-state index in [0.29, 0.717) is 28.1 Å². The molecule has 0 fully saturated rings. The first kappa shape index (κ1) is 29.5. The van der Waals surface area contributed by atoms with Gasteiger partial charge in [-0.25, -0.2) is 4.99 Å². The number of methoxy groups -OCH3 is 1. The maximum atomic E-state index is 12.3. The maximum absolute atomic E-state index is 12.3. The van der Waals surface area contributed by atoms with E-state index in [1.54, 1.807) is 18.0 Å². The summed E-state index contributed by atoms with van der Waals surface area (Å²) in [6.45, 7) is 5.16. The molecule has 0 saturated heterocycles. The second-order valence-electron chi connectivity index (χ2n) is 9.73. The van der Waals surface area contributed by atoms with Crippen molar-refractivity contribution in [3.63, 3.8) is 0 Å². The number of anilines is 4. The van der Waals surface area contributed by atoms with Crippen molar-refractivity contribution in [1.29, 1.82) is 0 Å². The first-order valence-electron chi connectivity index (χ1n) is 13.0. The van der Waals surface area contributed by atoms with Crippen molar-refractivity contribution in [3.8, 4) is 17.0 Å². The Morgan fingerprint density at radius 3 is 2.63 bits per heavy atom. The SMILES string of the molecule is C=CC(=O)Nc1cc(NC2=NC(Nc3ccccc3-c3ccn(C)n3)C(Cl)=CN2)c(OC)cc1N(C)CCN(C)C. The van der Waals surface area contributed by atoms with E-state index in [2.05, 4.69) is 42.7 Å². The number of likely N-dealkylation sites (N-methyl/N-ethyl adjacent to an activating group) is 2. The number of nitrogens with zero attached hydrogens (tertiary/aromatic N) is 5. The van der Waals surface area contributed by atoms with Crippen LogP contribution in [-0.2, 0) is 11.8 Å². The highest BCUT2D eigenvalue weighted by molar-refractivity contribution is 6.31. The van der Waals surface area contributed by atoms with Crippen LogP contribution in [0.1, 0.15) is 0 Å². The number of rotatable bonds is 11. The number of carbonyl (C=O) groups is 1. The van der Waals surface area contributed by atoms with Crippen molar-refractivity contribution in [2.75, 3.05) is 62.2 Å². The van der Waals surface area contributed by atoms with Gasteiger partial charge in [0.1, 0.15) is 5.75 Å². The number of ether oxygens (including phenoxy) is 1. The minimum absolute atomic E-state index is 0.318. The van der Waals surface area contributed by atoms with Gasteiger partial charge in [-0.3, -0.25) is 9.48 Å². The van der Waals surface area contributed by atoms with E-state index < -0.39 is 6.17 Å². The van der Waals surface area contributed by atoms with Crippen LogP contribution in [0.5, 0.6) is 5.75 Å². The van der Waals surface area contributed by atoms with Gasteiger partial charge in [0.2, 0.25) is 11.9 Å². The third-order valence-corrected chi connectivity index (χ3v) is 6.70. The maximum Gasteiger partial charge on any atom is 0.247 e. The number of guanidine groups is 1. The zero-order valence-corrected chi connectivity index (χ0v) is 24.7. The minimum atomic E-state index is -0.562. The molecule has 0 aliphatic carbocycles. The lowest BCUT2D eigenvalue weighted by molar-refractivity contribution is -0.111. The molecule has 1 amide bonds. The number of hydrogen-bond acceptors (Lipinski definition) is 9. The molecule has 0 saturated carbocycles. The van der Waals surface area contributed by atoms with Gasteiger partial charge in [0.25, 0.3) is 0 Å². The number of aryl methyl sites for hydroxylation is 1. The lowest BCUT2D eigenvalue weighted by atomic mass is 10.1. The number of benzene rings is 2. The van der Waals surface area contributed by atoms with Crippen LogP contribution in [0.2, 0.25) is 0 Å². The fraction of sp³-hybridized carbons (Fsp3) is 0.276. The summed E-state index contributed by atoms with van der Waals surface area (Å²) >= 11 is 6.56. The van der Waals surface area contributed by atoms with Crippen LogP contribution >= 0.6 is 11.6 Å². The Morgan fingerprint density at radius 2 is 1.95 bits per heavy atom. The van der Waals surface area contributed by atoms with E-state index in [9.17, 15) is 4.79 Å². The molecule has 11 nitrogen and oxygen atoms in total. The number of carbonyl (C=O) groups excluding carboxylic acids is 1. The molecule has 1 aliphatic heterocycles. The van der Waals surface area contributed by atoms with E-state index in [1.165, 1.54) is 6.08 Å². The molecule has 216 valence electrons. The lowest BCUT2D eigenvalue weighted by Crippen LogP contribution is -2.35. The monoisotopic (exact) mass is 577 g/mol. The van der Waals surface area contributed by atoms with Gasteiger partial charge in [-0.05, 0) is 38.4 Å². The molecule has 4 N–H and O–H groups in total. The molecule has 0 spiro atoms. The second-order valence-corrected chi connectivity index (χ2v) is 10.2. The topological polar surface area (TPSA) is 111 Å². The Hall–Kier alpha value is -4.48. The van der Waals surface area contributed by atoms with Crippen LogP contribution in [0.4, 0.5) is 22.7 Å². The largest absolute Gasteiger partial charge is 0.494 e. The summed E-state index contributed by atoms with van der Waals surface area (Å²) in [7, 11) is 9.47. The second kappa shape index (κ2) is 13.2. The van der Waals surface area contributed by atoms with Crippen molar-refractivity contribution < 1.29 is 9.53 Å². The number of hydrogen-bond donors (Lipinski definition) is 4. The highest BCUT2D eigenvalue weighted by atomic mass is 35.5. The summed E-state index contributed by atoms with van der Waals surface area (Å²) in [4.78, 5) is 21.2. The molecular formula is C29H36ClN9O2. The minimum Gasteiger partial charge on any atom is -0.494 e. The summed E-state index contributed by atoms with van der Waals surface area (Å²) < 4.78 is 7.48. The molecule has 41 heavy (non-hydrogen) atoms. The van der Waals surface area contributed by atoms with Crippen LogP contribution in [-0.4, -0.2) is 74.1 Å². The number of aromatic nitrogens is 2. The predicted molar refractivity (Wildman–Crippen MR) is 168 cm³/mol. The van der Waals surface area contributed by atoms with Gasteiger partial charge in [0, 0.05) is 56.9 Å². The van der Waals surface area contributed by atoms with Gasteiger partial charge in [-0.15, -0.1) is 0 Å². The molecule has 0 radical (unpaired) electrons. The van der Waals surface area contributed by atoms with E-state index in [4.69, 9.17) is 21.3 Å². The standard InChI is InChI=1S/C29H36ClN9O2/c1-7-27(40)32-23-16-24(26(41-6)17-25(23)38(4)15-14-37(2)3)34-29-31-18-20(30)28(35-29)33-21-11-9-8-10-19(21)22-12-13-39(5)36-22/h7-13,16-18,28,33H,1,14-15H2,2-6H3,(H,32,40)(H2,31,34,35). The Kier molecular flexibility index (Phi) is 9.53. The summed E-state index contributed by atoms with van der Waals surface area (Å²) in [5, 5.41) is 17.7. The van der Waals surface area contributed by atoms with Crippen molar-refractivity contribution in [3.05, 3.63) is 72.5 Å². The number of para-hydroxylation sites is 1. The highest BCUT2D eigenvalue weighted by Crippen LogP contribution is 2.37. The molecule has 2 aromatic carbocycles. The smallest absolute Gasteiger partial charge is 0.247 e. The Labute approximate surface area is 245 Å². The Morgan fingerprint density at radius 1 is 1.17 bits per heavy atom. The van der Waals surface area contributed by atoms with Crippen LogP contribution in [0.15, 0.2) is 77.5 Å². The van der Waals surface area contributed by atoms with E-state index in [-0.39, 0.29) is 5.91 Å².